The van der Waals surface area contributed by atoms with E-state index < -0.39 is 0 Å². The number of hydrogen-bond donors (Lipinski definition) is 2. The topological polar surface area (TPSA) is 103 Å². The first-order valence-corrected chi connectivity index (χ1v) is 11.1. The fourth-order valence-electron chi connectivity index (χ4n) is 4.04. The second-order valence-electron chi connectivity index (χ2n) is 8.29. The van der Waals surface area contributed by atoms with Crippen molar-refractivity contribution in [3.05, 3.63) is 78.5 Å². The molecule has 1 saturated heterocycles. The molecule has 0 unspecified atom stereocenters. The lowest BCUT2D eigenvalue weighted by Crippen LogP contribution is -2.34. The molecule has 1 aliphatic heterocycles. The molecule has 0 aliphatic carbocycles. The van der Waals surface area contributed by atoms with Crippen molar-refractivity contribution in [2.24, 2.45) is 0 Å². The highest BCUT2D eigenvalue weighted by Gasteiger charge is 2.15. The van der Waals surface area contributed by atoms with Gasteiger partial charge in [0.1, 0.15) is 11.9 Å². The van der Waals surface area contributed by atoms with Crippen LogP contribution in [0.3, 0.4) is 0 Å². The highest BCUT2D eigenvalue weighted by atomic mass is 16.5. The second-order valence-corrected chi connectivity index (χ2v) is 8.29. The Kier molecular flexibility index (Phi) is 5.95. The Bertz CT molecular complexity index is 1280. The molecule has 1 aliphatic rings. The zero-order valence-electron chi connectivity index (χ0n) is 18.2. The molecule has 0 radical (unpaired) electrons. The molecule has 1 fully saturated rings. The van der Waals surface area contributed by atoms with Gasteiger partial charge in [-0.05, 0) is 68.4 Å². The van der Waals surface area contributed by atoms with Gasteiger partial charge in [0.05, 0.1) is 23.8 Å². The van der Waals surface area contributed by atoms with Crippen LogP contribution >= 0.6 is 0 Å². The number of piperidine rings is 1. The van der Waals surface area contributed by atoms with E-state index in [4.69, 9.17) is 10.5 Å². The number of pyridine rings is 3. The molecule has 0 bridgehead atoms. The highest BCUT2D eigenvalue weighted by Crippen LogP contribution is 2.24. The lowest BCUT2D eigenvalue weighted by atomic mass is 10.0. The molecule has 0 atom stereocenters. The van der Waals surface area contributed by atoms with Crippen molar-refractivity contribution in [1.29, 1.82) is 0 Å². The average Bonchev–Trinajstić information content (AvgIpc) is 2.85. The lowest BCUT2D eigenvalue weighted by Gasteiger charge is -2.23. The molecule has 4 heterocycles. The molecular weight excluding hydrogens is 414 g/mol. The van der Waals surface area contributed by atoms with Crippen molar-refractivity contribution < 1.29 is 9.53 Å². The molecule has 33 heavy (non-hydrogen) atoms. The van der Waals surface area contributed by atoms with Crippen molar-refractivity contribution in [1.82, 2.24) is 20.3 Å². The first kappa shape index (κ1) is 21.0. The van der Waals surface area contributed by atoms with Crippen LogP contribution in [0.5, 0.6) is 5.75 Å². The molecule has 7 nitrogen and oxygen atoms in total. The predicted octanol–water partition coefficient (Wildman–Crippen LogP) is 3.83. The standard InChI is InChI=1S/C26H25N5O2/c27-21-10-20(13-29-15-21)19-9-18-11-22(30-16-25(18)31-14-19)12-26(32)17-1-3-23(4-2-17)33-24-5-7-28-8-6-24/h1-4,9-11,13-16,24,28H,5-8,12,27H2. The molecule has 3 aromatic heterocycles. The summed E-state index contributed by atoms with van der Waals surface area (Å²) >= 11 is 0. The van der Waals surface area contributed by atoms with Gasteiger partial charge in [-0.15, -0.1) is 0 Å². The molecule has 4 aromatic rings. The third-order valence-electron chi connectivity index (χ3n) is 5.82. The van der Waals surface area contributed by atoms with Crippen molar-refractivity contribution >= 4 is 22.4 Å². The zero-order valence-corrected chi connectivity index (χ0v) is 18.2. The number of fused-ring (bicyclic) bond motifs is 1. The fourth-order valence-corrected chi connectivity index (χ4v) is 4.04. The van der Waals surface area contributed by atoms with Crippen LogP contribution in [0.1, 0.15) is 28.9 Å². The number of benzene rings is 1. The van der Waals surface area contributed by atoms with Gasteiger partial charge >= 0.3 is 0 Å². The van der Waals surface area contributed by atoms with Gasteiger partial charge in [-0.2, -0.15) is 0 Å². The van der Waals surface area contributed by atoms with Crippen molar-refractivity contribution in [2.75, 3.05) is 18.8 Å². The number of nitrogens with zero attached hydrogens (tertiary/aromatic N) is 3. The van der Waals surface area contributed by atoms with E-state index in [1.807, 2.05) is 42.5 Å². The quantitative estimate of drug-likeness (QED) is 0.440. The number of nitrogen functional groups attached to an aromatic ring is 1. The minimum Gasteiger partial charge on any atom is -0.490 e. The number of aromatic nitrogens is 3. The van der Waals surface area contributed by atoms with E-state index in [-0.39, 0.29) is 18.3 Å². The Labute approximate surface area is 192 Å². The van der Waals surface area contributed by atoms with E-state index in [0.717, 1.165) is 53.7 Å². The zero-order chi connectivity index (χ0) is 22.6. The molecule has 5 rings (SSSR count). The van der Waals surface area contributed by atoms with Crippen molar-refractivity contribution in [3.63, 3.8) is 0 Å². The molecule has 0 saturated carbocycles. The van der Waals surface area contributed by atoms with Gasteiger partial charge in [-0.1, -0.05) is 0 Å². The summed E-state index contributed by atoms with van der Waals surface area (Å²) in [5.74, 6) is 0.816. The van der Waals surface area contributed by atoms with E-state index in [9.17, 15) is 4.79 Å². The van der Waals surface area contributed by atoms with E-state index in [0.29, 0.717) is 16.9 Å². The van der Waals surface area contributed by atoms with E-state index in [1.54, 1.807) is 24.8 Å². The Hall–Kier alpha value is -3.84. The summed E-state index contributed by atoms with van der Waals surface area (Å²) in [6.45, 7) is 1.96. The predicted molar refractivity (Wildman–Crippen MR) is 128 cm³/mol. The summed E-state index contributed by atoms with van der Waals surface area (Å²) in [6.07, 6.45) is 9.29. The Morgan fingerprint density at radius 2 is 1.76 bits per heavy atom. The van der Waals surface area contributed by atoms with Gasteiger partial charge in [0, 0.05) is 46.4 Å². The maximum atomic E-state index is 12.9. The van der Waals surface area contributed by atoms with Crippen LogP contribution in [0.15, 0.2) is 67.3 Å². The van der Waals surface area contributed by atoms with E-state index in [1.165, 1.54) is 0 Å². The maximum absolute atomic E-state index is 12.9. The largest absolute Gasteiger partial charge is 0.490 e. The average molecular weight is 440 g/mol. The number of nitrogens with one attached hydrogen (secondary N) is 1. The molecule has 0 spiro atoms. The van der Waals surface area contributed by atoms with Gasteiger partial charge < -0.3 is 15.8 Å². The van der Waals surface area contributed by atoms with Gasteiger partial charge in [-0.3, -0.25) is 19.7 Å². The van der Waals surface area contributed by atoms with Crippen LogP contribution in [0, 0.1) is 0 Å². The maximum Gasteiger partial charge on any atom is 0.168 e. The summed E-state index contributed by atoms with van der Waals surface area (Å²) in [4.78, 5) is 25.9. The van der Waals surface area contributed by atoms with E-state index in [2.05, 4.69) is 20.3 Å². The van der Waals surface area contributed by atoms with Crippen LogP contribution in [-0.4, -0.2) is 39.9 Å². The molecular formula is C26H25N5O2. The minimum absolute atomic E-state index is 0.0133. The summed E-state index contributed by atoms with van der Waals surface area (Å²) in [6, 6.07) is 13.2. The highest BCUT2D eigenvalue weighted by molar-refractivity contribution is 5.97. The van der Waals surface area contributed by atoms with Crippen LogP contribution < -0.4 is 15.8 Å². The summed E-state index contributed by atoms with van der Waals surface area (Å²) < 4.78 is 6.03. The second kappa shape index (κ2) is 9.34. The molecule has 166 valence electrons. The van der Waals surface area contributed by atoms with Crippen LogP contribution in [-0.2, 0) is 6.42 Å². The number of ketones is 1. The van der Waals surface area contributed by atoms with Crippen LogP contribution in [0.2, 0.25) is 0 Å². The van der Waals surface area contributed by atoms with Crippen molar-refractivity contribution in [2.45, 2.75) is 25.4 Å². The number of hydrogen-bond acceptors (Lipinski definition) is 7. The minimum atomic E-state index is 0.0133. The molecule has 3 N–H and O–H groups in total. The van der Waals surface area contributed by atoms with Gasteiger partial charge in [-0.25, -0.2) is 0 Å². The van der Waals surface area contributed by atoms with Crippen LogP contribution in [0.4, 0.5) is 5.69 Å². The number of anilines is 1. The van der Waals surface area contributed by atoms with Gasteiger partial charge in [0.15, 0.2) is 5.78 Å². The Balaban J connectivity index is 1.30. The monoisotopic (exact) mass is 439 g/mol. The number of Topliss-reactive ketones (excluding diaryl/α,β-unsaturated/α-hetero) is 1. The number of nitrogens with two attached hydrogens (primary N) is 1. The smallest absolute Gasteiger partial charge is 0.168 e. The molecule has 7 heteroatoms. The number of ether oxygens (including phenoxy) is 1. The SMILES string of the molecule is Nc1cncc(-c2cnc3cnc(CC(=O)c4ccc(OC5CCNCC5)cc4)cc3c2)c1. The normalized spacial score (nSPS) is 14.3. The molecule has 1 aromatic carbocycles. The lowest BCUT2D eigenvalue weighted by molar-refractivity contribution is 0.0992. The van der Waals surface area contributed by atoms with Crippen LogP contribution in [0.25, 0.3) is 22.0 Å². The third kappa shape index (κ3) is 4.99. The first-order chi connectivity index (χ1) is 16.1. The number of rotatable bonds is 6. The number of carbonyl (C=O) groups is 1. The fraction of sp³-hybridized carbons (Fsp3) is 0.231. The van der Waals surface area contributed by atoms with Gasteiger partial charge in [0.2, 0.25) is 0 Å². The summed E-state index contributed by atoms with van der Waals surface area (Å²) in [7, 11) is 0. The number of carbonyl (C=O) groups excluding carboxylic acids is 1. The summed E-state index contributed by atoms with van der Waals surface area (Å²) in [5.41, 5.74) is 10.4. The Morgan fingerprint density at radius 1 is 0.970 bits per heavy atom. The third-order valence-corrected chi connectivity index (χ3v) is 5.82. The van der Waals surface area contributed by atoms with Gasteiger partial charge in [0.25, 0.3) is 0 Å². The summed E-state index contributed by atoms with van der Waals surface area (Å²) in [5, 5.41) is 4.25. The van der Waals surface area contributed by atoms with Crippen molar-refractivity contribution in [3.8, 4) is 16.9 Å². The first-order valence-electron chi connectivity index (χ1n) is 11.1. The van der Waals surface area contributed by atoms with E-state index >= 15 is 0 Å². The Morgan fingerprint density at radius 3 is 2.55 bits per heavy atom. The molecule has 0 amide bonds.